The van der Waals surface area contributed by atoms with Gasteiger partial charge in [0.05, 0.1) is 12.3 Å². The summed E-state index contributed by atoms with van der Waals surface area (Å²) in [5, 5.41) is 10.0. The maximum atomic E-state index is 12.4. The molecule has 1 aliphatic carbocycles. The first-order chi connectivity index (χ1) is 13.1. The molecule has 1 saturated carbocycles. The molecule has 1 aromatic carbocycles. The molecule has 29 heavy (non-hydrogen) atoms. The summed E-state index contributed by atoms with van der Waals surface area (Å²) in [6, 6.07) is 6.97. The topological polar surface area (TPSA) is 114 Å². The molecule has 4 N–H and O–H groups in total. The van der Waals surface area contributed by atoms with Crippen LogP contribution < -0.4 is 15.8 Å². The molecule has 1 aromatic rings. The van der Waals surface area contributed by atoms with Crippen LogP contribution in [0.2, 0.25) is 0 Å². The molecule has 0 aliphatic heterocycles. The molecule has 8 heteroatoms. The van der Waals surface area contributed by atoms with Crippen LogP contribution in [0.5, 0.6) is 5.75 Å². The summed E-state index contributed by atoms with van der Waals surface area (Å²) in [6.07, 6.45) is 3.56. The zero-order chi connectivity index (χ0) is 20.7. The fourth-order valence-corrected chi connectivity index (χ4v) is 3.28. The highest BCUT2D eigenvalue weighted by molar-refractivity contribution is 5.85. The lowest BCUT2D eigenvalue weighted by Gasteiger charge is -2.27. The van der Waals surface area contributed by atoms with E-state index < -0.39 is 5.60 Å². The first kappa shape index (κ1) is 24.8. The van der Waals surface area contributed by atoms with Crippen LogP contribution in [0.3, 0.4) is 0 Å². The smallest absolute Gasteiger partial charge is 0.314 e. The normalized spacial score (nSPS) is 18.9. The number of ether oxygens (including phenoxy) is 2. The minimum absolute atomic E-state index is 0. The Hall–Kier alpha value is -2.28. The van der Waals surface area contributed by atoms with E-state index in [1.165, 1.54) is 0 Å². The summed E-state index contributed by atoms with van der Waals surface area (Å²) in [5.41, 5.74) is 5.61. The summed E-state index contributed by atoms with van der Waals surface area (Å²) in [4.78, 5) is 24.3. The van der Waals surface area contributed by atoms with Gasteiger partial charge < -0.3 is 20.5 Å². The fraction of sp³-hybridized carbons (Fsp3) is 0.571. The van der Waals surface area contributed by atoms with Gasteiger partial charge in [-0.2, -0.15) is 0 Å². The molecule has 1 aliphatic rings. The highest BCUT2D eigenvalue weighted by atomic mass is 35.5. The molecule has 0 saturated heterocycles. The monoisotopic (exact) mass is 425 g/mol. The van der Waals surface area contributed by atoms with Gasteiger partial charge in [-0.1, -0.05) is 12.1 Å². The number of esters is 2. The Morgan fingerprint density at radius 3 is 2.24 bits per heavy atom. The van der Waals surface area contributed by atoms with Gasteiger partial charge in [-0.25, -0.2) is 0 Å². The number of rotatable bonds is 6. The fourth-order valence-electron chi connectivity index (χ4n) is 3.28. The van der Waals surface area contributed by atoms with E-state index in [0.29, 0.717) is 18.2 Å². The van der Waals surface area contributed by atoms with Crippen molar-refractivity contribution >= 4 is 30.3 Å². The maximum Gasteiger partial charge on any atom is 0.314 e. The molecule has 0 spiro atoms. The maximum absolute atomic E-state index is 12.4. The second-order valence-corrected chi connectivity index (χ2v) is 8.34. The van der Waals surface area contributed by atoms with E-state index in [1.807, 2.05) is 20.8 Å². The molecule has 0 radical (unpaired) electrons. The van der Waals surface area contributed by atoms with E-state index in [4.69, 9.17) is 20.6 Å². The van der Waals surface area contributed by atoms with Gasteiger partial charge in [0.1, 0.15) is 11.4 Å². The molecule has 0 amide bonds. The second-order valence-electron chi connectivity index (χ2n) is 8.34. The quantitative estimate of drug-likeness (QED) is 0.279. The highest BCUT2D eigenvalue weighted by Crippen LogP contribution is 2.29. The van der Waals surface area contributed by atoms with E-state index in [-0.39, 0.29) is 42.6 Å². The molecular formula is C21H32ClN3O4. The molecule has 0 aromatic heterocycles. The Bertz CT molecular complexity index is 693. The molecule has 0 heterocycles. The van der Waals surface area contributed by atoms with Crippen molar-refractivity contribution in [2.45, 2.75) is 58.5 Å². The predicted molar refractivity (Wildman–Crippen MR) is 114 cm³/mol. The van der Waals surface area contributed by atoms with Crippen molar-refractivity contribution in [3.8, 4) is 5.75 Å². The first-order valence-electron chi connectivity index (χ1n) is 9.73. The number of carbonyl (C=O) groups excluding carboxylic acids is 2. The SMILES string of the molecule is CC(C)(C)OC(=O)Cc1ccc(OC(=O)[C@H]2CC[C@H](CNC(=N)N)CC2)cc1.Cl. The van der Waals surface area contributed by atoms with Crippen LogP contribution in [0.1, 0.15) is 52.0 Å². The van der Waals surface area contributed by atoms with E-state index >= 15 is 0 Å². The van der Waals surface area contributed by atoms with Crippen molar-refractivity contribution < 1.29 is 19.1 Å². The summed E-state index contributed by atoms with van der Waals surface area (Å²) in [6.45, 7) is 6.18. The lowest BCUT2D eigenvalue weighted by atomic mass is 9.82. The Labute approximate surface area is 178 Å². The minimum Gasteiger partial charge on any atom is -0.460 e. The van der Waals surface area contributed by atoms with Gasteiger partial charge in [-0.3, -0.25) is 15.0 Å². The van der Waals surface area contributed by atoms with E-state index in [0.717, 1.165) is 31.2 Å². The molecule has 0 unspecified atom stereocenters. The third kappa shape index (κ3) is 9.17. The van der Waals surface area contributed by atoms with E-state index in [1.54, 1.807) is 24.3 Å². The predicted octanol–water partition coefficient (Wildman–Crippen LogP) is 3.19. The molecule has 162 valence electrons. The van der Waals surface area contributed by atoms with Crippen molar-refractivity contribution in [1.82, 2.24) is 5.32 Å². The number of guanidine groups is 1. The van der Waals surface area contributed by atoms with Gasteiger partial charge in [0, 0.05) is 6.54 Å². The first-order valence-corrected chi connectivity index (χ1v) is 9.73. The van der Waals surface area contributed by atoms with Crippen LogP contribution >= 0.6 is 12.4 Å². The average Bonchev–Trinajstić information content (AvgIpc) is 2.60. The molecule has 2 rings (SSSR count). The minimum atomic E-state index is -0.506. The van der Waals surface area contributed by atoms with E-state index in [2.05, 4.69) is 5.32 Å². The van der Waals surface area contributed by atoms with Crippen LogP contribution in [0.4, 0.5) is 0 Å². The van der Waals surface area contributed by atoms with Crippen molar-refractivity contribution in [3.05, 3.63) is 29.8 Å². The summed E-state index contributed by atoms with van der Waals surface area (Å²) in [7, 11) is 0. The molecule has 0 atom stereocenters. The number of carbonyl (C=O) groups is 2. The van der Waals surface area contributed by atoms with Crippen LogP contribution in [0.15, 0.2) is 24.3 Å². The van der Waals surface area contributed by atoms with Crippen LogP contribution in [-0.2, 0) is 20.7 Å². The Balaban J connectivity index is 0.00000420. The van der Waals surface area contributed by atoms with Gasteiger partial charge in [-0.15, -0.1) is 12.4 Å². The van der Waals surface area contributed by atoms with Crippen molar-refractivity contribution in [1.29, 1.82) is 5.41 Å². The van der Waals surface area contributed by atoms with Gasteiger partial charge in [0.25, 0.3) is 0 Å². The van der Waals surface area contributed by atoms with Crippen LogP contribution in [-0.4, -0.2) is 30.0 Å². The van der Waals surface area contributed by atoms with Crippen molar-refractivity contribution in [2.75, 3.05) is 6.54 Å². The van der Waals surface area contributed by atoms with Gasteiger partial charge in [-0.05, 0) is 70.1 Å². The van der Waals surface area contributed by atoms with Crippen molar-refractivity contribution in [2.24, 2.45) is 17.6 Å². The lowest BCUT2D eigenvalue weighted by Crippen LogP contribution is -2.36. The van der Waals surface area contributed by atoms with Gasteiger partial charge in [0.15, 0.2) is 5.96 Å². The zero-order valence-corrected chi connectivity index (χ0v) is 18.1. The summed E-state index contributed by atoms with van der Waals surface area (Å²) < 4.78 is 10.8. The molecule has 0 bridgehead atoms. The zero-order valence-electron chi connectivity index (χ0n) is 17.3. The molecular weight excluding hydrogens is 394 g/mol. The molecule has 1 fully saturated rings. The Morgan fingerprint density at radius 2 is 1.72 bits per heavy atom. The average molecular weight is 426 g/mol. The third-order valence-corrected chi connectivity index (χ3v) is 4.67. The number of benzene rings is 1. The second kappa shape index (κ2) is 11.0. The van der Waals surface area contributed by atoms with Crippen LogP contribution in [0, 0.1) is 17.2 Å². The third-order valence-electron chi connectivity index (χ3n) is 4.67. The van der Waals surface area contributed by atoms with E-state index in [9.17, 15) is 9.59 Å². The van der Waals surface area contributed by atoms with Gasteiger partial charge >= 0.3 is 11.9 Å². The standard InChI is InChI=1S/C21H31N3O4.ClH/c1-21(2,3)28-18(25)12-14-6-10-17(11-7-14)27-19(26)16-8-4-15(5-9-16)13-24-20(22)23;/h6-7,10-11,15-16H,4-5,8-9,12-13H2,1-3H3,(H4,22,23,24);1H/t15-,16-;. The summed E-state index contributed by atoms with van der Waals surface area (Å²) in [5.74, 6) is 0.302. The Kier molecular flexibility index (Phi) is 9.43. The largest absolute Gasteiger partial charge is 0.460 e. The number of hydrogen-bond acceptors (Lipinski definition) is 5. The number of nitrogens with two attached hydrogens (primary N) is 1. The molecule has 7 nitrogen and oxygen atoms in total. The van der Waals surface area contributed by atoms with Crippen LogP contribution in [0.25, 0.3) is 0 Å². The number of hydrogen-bond donors (Lipinski definition) is 3. The van der Waals surface area contributed by atoms with Gasteiger partial charge in [0.2, 0.25) is 0 Å². The van der Waals surface area contributed by atoms with Crippen molar-refractivity contribution in [3.63, 3.8) is 0 Å². The number of halogens is 1. The highest BCUT2D eigenvalue weighted by Gasteiger charge is 2.27. The number of nitrogens with one attached hydrogen (secondary N) is 2. The summed E-state index contributed by atoms with van der Waals surface area (Å²) >= 11 is 0. The Morgan fingerprint density at radius 1 is 1.14 bits per heavy atom. The lowest BCUT2D eigenvalue weighted by molar-refractivity contribution is -0.154.